The van der Waals surface area contributed by atoms with Crippen LogP contribution < -0.4 is 15.0 Å². The van der Waals surface area contributed by atoms with Crippen molar-refractivity contribution in [3.05, 3.63) is 53.2 Å². The van der Waals surface area contributed by atoms with Gasteiger partial charge in [-0.05, 0) is 67.5 Å². The number of nitrogens with zero attached hydrogens (tertiary/aromatic N) is 5. The SMILES string of the molecule is CC[C@@H]1NCCN2c3nc(OC[C@@]45CCCN4C[C@H](F)C5)nc4c(F)c(-c5cccc6ccc(F)c(C)c56)nc(c34)C[C@@H](C)[C@H]12. The van der Waals surface area contributed by atoms with Gasteiger partial charge in [0.25, 0.3) is 0 Å². The summed E-state index contributed by atoms with van der Waals surface area (Å²) >= 11 is 0. The van der Waals surface area contributed by atoms with E-state index >= 15 is 4.39 Å². The van der Waals surface area contributed by atoms with E-state index in [-0.39, 0.29) is 53.2 Å². The van der Waals surface area contributed by atoms with Crippen LogP contribution in [0.25, 0.3) is 32.9 Å². The van der Waals surface area contributed by atoms with E-state index in [0.29, 0.717) is 53.6 Å². The number of hydrogen-bond acceptors (Lipinski definition) is 7. The van der Waals surface area contributed by atoms with Gasteiger partial charge in [0, 0.05) is 43.7 Å². The van der Waals surface area contributed by atoms with Crippen LogP contribution in [0.4, 0.5) is 19.0 Å². The van der Waals surface area contributed by atoms with Gasteiger partial charge < -0.3 is 15.0 Å². The number of nitrogens with one attached hydrogen (secondary N) is 1. The Kier molecular flexibility index (Phi) is 6.94. The number of alkyl halides is 1. The summed E-state index contributed by atoms with van der Waals surface area (Å²) in [6.45, 7) is 9.14. The molecule has 4 aromatic rings. The number of ether oxygens (including phenoxy) is 1. The van der Waals surface area contributed by atoms with Crippen molar-refractivity contribution in [1.82, 2.24) is 25.2 Å². The van der Waals surface area contributed by atoms with Crippen LogP contribution in [0.5, 0.6) is 6.01 Å². The van der Waals surface area contributed by atoms with Gasteiger partial charge in [0.05, 0.1) is 16.6 Å². The molecule has 10 heteroatoms. The number of anilines is 1. The molecule has 2 aromatic heterocycles. The topological polar surface area (TPSA) is 66.4 Å². The molecule has 0 aliphatic carbocycles. The van der Waals surface area contributed by atoms with Crippen LogP contribution in [-0.4, -0.2) is 76.4 Å². The molecule has 0 amide bonds. The molecule has 0 spiro atoms. The lowest BCUT2D eigenvalue weighted by molar-refractivity contribution is 0.107. The molecule has 4 aliphatic rings. The number of halogens is 3. The minimum atomic E-state index is -0.882. The van der Waals surface area contributed by atoms with E-state index in [1.807, 2.05) is 12.1 Å². The first-order valence-electron chi connectivity index (χ1n) is 16.4. The third-order valence-electron chi connectivity index (χ3n) is 10.9. The summed E-state index contributed by atoms with van der Waals surface area (Å²) in [5.74, 6) is -0.0844. The Balaban J connectivity index is 1.33. The molecule has 2 aromatic carbocycles. The molecule has 0 radical (unpaired) electrons. The van der Waals surface area contributed by atoms with E-state index in [1.165, 1.54) is 6.07 Å². The Morgan fingerprint density at radius 2 is 1.96 bits per heavy atom. The van der Waals surface area contributed by atoms with E-state index in [9.17, 15) is 8.78 Å². The summed E-state index contributed by atoms with van der Waals surface area (Å²) in [5.41, 5.74) is 1.65. The lowest BCUT2D eigenvalue weighted by Gasteiger charge is -2.44. The first kappa shape index (κ1) is 28.9. The molecule has 6 heterocycles. The van der Waals surface area contributed by atoms with Crippen molar-refractivity contribution in [3.8, 4) is 17.3 Å². The highest BCUT2D eigenvalue weighted by Crippen LogP contribution is 2.44. The smallest absolute Gasteiger partial charge is 0.319 e. The van der Waals surface area contributed by atoms with Crippen molar-refractivity contribution in [2.24, 2.45) is 5.92 Å². The summed E-state index contributed by atoms with van der Waals surface area (Å²) < 4.78 is 52.8. The predicted octanol–water partition coefficient (Wildman–Crippen LogP) is 6.14. The number of aromatic nitrogens is 3. The summed E-state index contributed by atoms with van der Waals surface area (Å²) in [6, 6.07) is 9.18. The van der Waals surface area contributed by atoms with Crippen molar-refractivity contribution >= 4 is 27.5 Å². The normalized spacial score (nSPS) is 28.0. The monoisotopic (exact) mass is 616 g/mol. The quantitative estimate of drug-likeness (QED) is 0.289. The minimum Gasteiger partial charge on any atom is -0.461 e. The molecule has 7 nitrogen and oxygen atoms in total. The average Bonchev–Trinajstić information content (AvgIpc) is 3.53. The highest BCUT2D eigenvalue weighted by Gasteiger charge is 2.49. The molecule has 0 unspecified atom stereocenters. The lowest BCUT2D eigenvalue weighted by Crippen LogP contribution is -2.60. The van der Waals surface area contributed by atoms with Crippen LogP contribution >= 0.6 is 0 Å². The number of rotatable bonds is 5. The Morgan fingerprint density at radius 3 is 2.80 bits per heavy atom. The number of pyridine rings is 1. The molecule has 0 bridgehead atoms. The van der Waals surface area contributed by atoms with Gasteiger partial charge >= 0.3 is 6.01 Å². The highest BCUT2D eigenvalue weighted by molar-refractivity contribution is 6.01. The third kappa shape index (κ3) is 4.50. The zero-order chi connectivity index (χ0) is 31.0. The number of benzene rings is 2. The fraction of sp³-hybridized carbons (Fsp3) is 0.514. The highest BCUT2D eigenvalue weighted by atomic mass is 19.1. The van der Waals surface area contributed by atoms with Gasteiger partial charge in [-0.3, -0.25) is 4.90 Å². The van der Waals surface area contributed by atoms with Crippen molar-refractivity contribution in [3.63, 3.8) is 0 Å². The molecule has 45 heavy (non-hydrogen) atoms. The zero-order valence-electron chi connectivity index (χ0n) is 26.0. The Morgan fingerprint density at radius 1 is 1.09 bits per heavy atom. The van der Waals surface area contributed by atoms with E-state index < -0.39 is 12.0 Å². The van der Waals surface area contributed by atoms with Crippen LogP contribution in [-0.2, 0) is 6.42 Å². The molecule has 5 atom stereocenters. The molecule has 236 valence electrons. The minimum absolute atomic E-state index is 0.100. The van der Waals surface area contributed by atoms with Crippen LogP contribution in [0.15, 0.2) is 30.3 Å². The summed E-state index contributed by atoms with van der Waals surface area (Å²) in [7, 11) is 0. The maximum Gasteiger partial charge on any atom is 0.319 e. The Labute approximate surface area is 261 Å². The van der Waals surface area contributed by atoms with Crippen LogP contribution in [0.3, 0.4) is 0 Å². The summed E-state index contributed by atoms with van der Waals surface area (Å²) in [5, 5.41) is 5.75. The molecule has 0 saturated carbocycles. The fourth-order valence-corrected chi connectivity index (χ4v) is 8.80. The first-order valence-corrected chi connectivity index (χ1v) is 16.4. The molecule has 3 saturated heterocycles. The van der Waals surface area contributed by atoms with Crippen molar-refractivity contribution in [2.75, 3.05) is 37.7 Å². The van der Waals surface area contributed by atoms with E-state index in [0.717, 1.165) is 43.4 Å². The number of hydrogen-bond donors (Lipinski definition) is 1. The second-order valence-electron chi connectivity index (χ2n) is 13.5. The van der Waals surface area contributed by atoms with Crippen LogP contribution in [0, 0.1) is 24.5 Å². The molecular weight excluding hydrogens is 577 g/mol. The molecular formula is C35H39F3N6O. The van der Waals surface area contributed by atoms with E-state index in [4.69, 9.17) is 19.7 Å². The van der Waals surface area contributed by atoms with Crippen LogP contribution in [0.2, 0.25) is 0 Å². The summed E-state index contributed by atoms with van der Waals surface area (Å²) in [6.07, 6.45) is 2.95. The van der Waals surface area contributed by atoms with E-state index in [1.54, 1.807) is 19.1 Å². The van der Waals surface area contributed by atoms with Gasteiger partial charge in [0.1, 0.15) is 35.6 Å². The fourth-order valence-electron chi connectivity index (χ4n) is 8.80. The van der Waals surface area contributed by atoms with E-state index in [2.05, 4.69) is 29.0 Å². The van der Waals surface area contributed by atoms with Gasteiger partial charge in [-0.25, -0.2) is 18.2 Å². The second-order valence-corrected chi connectivity index (χ2v) is 13.5. The maximum atomic E-state index is 17.0. The number of aryl methyl sites for hydroxylation is 1. The standard InChI is InChI=1S/C35H39F3N6O/c1-4-25-32-19(2)15-26-28-31(29(38)30(40-26)23-8-5-7-21-9-10-24(37)20(3)27(21)23)41-34(42-33(28)44(32)14-12-39-25)45-18-35-11-6-13-43(35)17-22(36)16-35/h5,7-10,19,22,25,32,39H,4,6,11-18H2,1-3H3/t19-,22-,25+,32-,35+/m1/s1. The lowest BCUT2D eigenvalue weighted by atomic mass is 9.87. The van der Waals surface area contributed by atoms with Crippen molar-refractivity contribution < 1.29 is 17.9 Å². The van der Waals surface area contributed by atoms with Crippen molar-refractivity contribution in [1.29, 1.82) is 0 Å². The molecule has 1 N–H and O–H groups in total. The van der Waals surface area contributed by atoms with Gasteiger partial charge in [-0.2, -0.15) is 9.97 Å². The maximum absolute atomic E-state index is 17.0. The summed E-state index contributed by atoms with van der Waals surface area (Å²) in [4.78, 5) is 19.2. The number of piperazine rings is 1. The molecule has 3 fully saturated rings. The Hall–Kier alpha value is -3.50. The van der Waals surface area contributed by atoms with Gasteiger partial charge in [0.15, 0.2) is 5.82 Å². The second kappa shape index (κ2) is 10.8. The largest absolute Gasteiger partial charge is 0.461 e. The average molecular weight is 617 g/mol. The zero-order valence-corrected chi connectivity index (χ0v) is 26.0. The molecule has 8 rings (SSSR count). The predicted molar refractivity (Wildman–Crippen MR) is 170 cm³/mol. The van der Waals surface area contributed by atoms with Gasteiger partial charge in [0.2, 0.25) is 0 Å². The molecule has 4 aliphatic heterocycles. The van der Waals surface area contributed by atoms with Crippen LogP contribution in [0.1, 0.15) is 50.8 Å². The van der Waals surface area contributed by atoms with Gasteiger partial charge in [-0.1, -0.05) is 38.1 Å². The third-order valence-corrected chi connectivity index (χ3v) is 10.9. The van der Waals surface area contributed by atoms with Crippen molar-refractivity contribution in [2.45, 2.75) is 76.7 Å². The van der Waals surface area contributed by atoms with Gasteiger partial charge in [-0.15, -0.1) is 0 Å². The Bertz CT molecular complexity index is 1820. The number of fused-ring (bicyclic) bond motifs is 4. The first-order chi connectivity index (χ1) is 21.8.